The van der Waals surface area contributed by atoms with Crippen LogP contribution in [0, 0.1) is 24.1 Å². The Morgan fingerprint density at radius 1 is 1.24 bits per heavy atom. The van der Waals surface area contributed by atoms with E-state index in [0.29, 0.717) is 11.1 Å². The first-order chi connectivity index (χ1) is 8.13. The van der Waals surface area contributed by atoms with Crippen molar-refractivity contribution in [1.29, 1.82) is 5.26 Å². The third-order valence-corrected chi connectivity index (χ3v) is 2.91. The van der Waals surface area contributed by atoms with Gasteiger partial charge in [0.25, 0.3) is 0 Å². The molecule has 0 aromatic heterocycles. The van der Waals surface area contributed by atoms with E-state index in [0.717, 1.165) is 11.1 Å². The topological polar surface area (TPSA) is 23.8 Å². The summed E-state index contributed by atoms with van der Waals surface area (Å²) in [4.78, 5) is 0. The Hall–Kier alpha value is -1.85. The van der Waals surface area contributed by atoms with Crippen LogP contribution in [0.4, 0.5) is 4.39 Å². The molecule has 2 rings (SSSR count). The maximum atomic E-state index is 13.4. The Kier molecular flexibility index (Phi) is 3.12. The van der Waals surface area contributed by atoms with Gasteiger partial charge in [-0.25, -0.2) is 4.39 Å². The van der Waals surface area contributed by atoms with Crippen molar-refractivity contribution in [3.8, 4) is 17.2 Å². The smallest absolute Gasteiger partial charge is 0.142 e. The molecule has 0 radical (unpaired) electrons. The van der Waals surface area contributed by atoms with Crippen LogP contribution in [0.1, 0.15) is 11.1 Å². The lowest BCUT2D eigenvalue weighted by Gasteiger charge is -2.08. The SMILES string of the molecule is Cc1cccc(C#N)c1-c1ccc(Cl)c(F)c1. The molecule has 0 saturated carbocycles. The van der Waals surface area contributed by atoms with E-state index >= 15 is 0 Å². The fraction of sp³-hybridized carbons (Fsp3) is 0.0714. The minimum Gasteiger partial charge on any atom is -0.205 e. The largest absolute Gasteiger partial charge is 0.205 e. The van der Waals surface area contributed by atoms with E-state index in [1.165, 1.54) is 12.1 Å². The van der Waals surface area contributed by atoms with Crippen molar-refractivity contribution in [3.05, 3.63) is 58.4 Å². The summed E-state index contributed by atoms with van der Waals surface area (Å²) >= 11 is 5.64. The molecule has 17 heavy (non-hydrogen) atoms. The lowest BCUT2D eigenvalue weighted by Crippen LogP contribution is -1.89. The standard InChI is InChI=1S/C14H9ClFN/c1-9-3-2-4-11(8-17)14(9)10-5-6-12(15)13(16)7-10/h2-7H,1H3. The lowest BCUT2D eigenvalue weighted by molar-refractivity contribution is 0.629. The Balaban J connectivity index is 2.68. The van der Waals surface area contributed by atoms with Gasteiger partial charge in [0.2, 0.25) is 0 Å². The van der Waals surface area contributed by atoms with Gasteiger partial charge >= 0.3 is 0 Å². The molecule has 0 N–H and O–H groups in total. The van der Waals surface area contributed by atoms with Gasteiger partial charge in [-0.2, -0.15) is 5.26 Å². The highest BCUT2D eigenvalue weighted by atomic mass is 35.5. The van der Waals surface area contributed by atoms with Crippen molar-refractivity contribution in [2.75, 3.05) is 0 Å². The number of aryl methyl sites for hydroxylation is 1. The maximum Gasteiger partial charge on any atom is 0.142 e. The fourth-order valence-corrected chi connectivity index (χ4v) is 1.91. The van der Waals surface area contributed by atoms with Gasteiger partial charge in [-0.05, 0) is 36.2 Å². The van der Waals surface area contributed by atoms with Crippen LogP contribution in [0.2, 0.25) is 5.02 Å². The van der Waals surface area contributed by atoms with E-state index in [4.69, 9.17) is 16.9 Å². The van der Waals surface area contributed by atoms with Crippen molar-refractivity contribution in [3.63, 3.8) is 0 Å². The zero-order chi connectivity index (χ0) is 12.4. The molecule has 0 heterocycles. The summed E-state index contributed by atoms with van der Waals surface area (Å²) in [7, 11) is 0. The van der Waals surface area contributed by atoms with Crippen LogP contribution >= 0.6 is 11.6 Å². The Bertz CT molecular complexity index is 614. The Morgan fingerprint density at radius 3 is 2.65 bits per heavy atom. The molecule has 84 valence electrons. The van der Waals surface area contributed by atoms with Crippen LogP contribution < -0.4 is 0 Å². The van der Waals surface area contributed by atoms with Crippen LogP contribution in [0.15, 0.2) is 36.4 Å². The number of halogens is 2. The number of hydrogen-bond acceptors (Lipinski definition) is 1. The molecular weight excluding hydrogens is 237 g/mol. The molecule has 0 atom stereocenters. The van der Waals surface area contributed by atoms with Gasteiger partial charge in [0.05, 0.1) is 16.7 Å². The monoisotopic (exact) mass is 245 g/mol. The molecule has 0 aliphatic heterocycles. The maximum absolute atomic E-state index is 13.4. The second kappa shape index (κ2) is 4.57. The van der Waals surface area contributed by atoms with Crippen LogP contribution in [0.5, 0.6) is 0 Å². The highest BCUT2D eigenvalue weighted by molar-refractivity contribution is 6.30. The summed E-state index contributed by atoms with van der Waals surface area (Å²) in [5.41, 5.74) is 2.89. The first kappa shape index (κ1) is 11.6. The summed E-state index contributed by atoms with van der Waals surface area (Å²) in [5, 5.41) is 9.14. The highest BCUT2D eigenvalue weighted by Gasteiger charge is 2.09. The molecular formula is C14H9ClFN. The normalized spacial score (nSPS) is 10.0. The predicted octanol–water partition coefficient (Wildman–Crippen LogP) is 4.33. The minimum atomic E-state index is -0.476. The van der Waals surface area contributed by atoms with E-state index < -0.39 is 5.82 Å². The molecule has 1 nitrogen and oxygen atoms in total. The number of benzene rings is 2. The first-order valence-corrected chi connectivity index (χ1v) is 5.46. The zero-order valence-electron chi connectivity index (χ0n) is 9.17. The van der Waals surface area contributed by atoms with E-state index in [2.05, 4.69) is 6.07 Å². The quantitative estimate of drug-likeness (QED) is 0.734. The van der Waals surface area contributed by atoms with Crippen molar-refractivity contribution >= 4 is 11.6 Å². The Morgan fingerprint density at radius 2 is 2.00 bits per heavy atom. The highest BCUT2D eigenvalue weighted by Crippen LogP contribution is 2.29. The van der Waals surface area contributed by atoms with Gasteiger partial charge in [0.15, 0.2) is 0 Å². The molecule has 0 amide bonds. The number of hydrogen-bond donors (Lipinski definition) is 0. The zero-order valence-corrected chi connectivity index (χ0v) is 9.92. The second-order valence-electron chi connectivity index (χ2n) is 3.74. The number of rotatable bonds is 1. The third kappa shape index (κ3) is 2.15. The van der Waals surface area contributed by atoms with Crippen LogP contribution in [-0.2, 0) is 0 Å². The van der Waals surface area contributed by atoms with Crippen molar-refractivity contribution in [2.45, 2.75) is 6.92 Å². The molecule has 0 fully saturated rings. The first-order valence-electron chi connectivity index (χ1n) is 5.08. The lowest BCUT2D eigenvalue weighted by atomic mass is 9.96. The molecule has 3 heteroatoms. The third-order valence-electron chi connectivity index (χ3n) is 2.60. The number of nitrogens with zero attached hydrogens (tertiary/aromatic N) is 1. The fourth-order valence-electron chi connectivity index (χ4n) is 1.80. The summed E-state index contributed by atoms with van der Waals surface area (Å²) in [6, 6.07) is 12.1. The summed E-state index contributed by atoms with van der Waals surface area (Å²) in [6.45, 7) is 1.89. The summed E-state index contributed by atoms with van der Waals surface area (Å²) in [6.07, 6.45) is 0. The molecule has 0 spiro atoms. The van der Waals surface area contributed by atoms with Crippen molar-refractivity contribution < 1.29 is 4.39 Å². The average molecular weight is 246 g/mol. The molecule has 2 aromatic rings. The molecule has 2 aromatic carbocycles. The van der Waals surface area contributed by atoms with Gasteiger partial charge in [0.1, 0.15) is 5.82 Å². The number of nitriles is 1. The molecule has 0 saturated heterocycles. The minimum absolute atomic E-state index is 0.0841. The van der Waals surface area contributed by atoms with E-state index in [1.807, 2.05) is 19.1 Å². The van der Waals surface area contributed by atoms with Crippen LogP contribution in [-0.4, -0.2) is 0 Å². The van der Waals surface area contributed by atoms with Crippen molar-refractivity contribution in [2.24, 2.45) is 0 Å². The molecule has 0 bridgehead atoms. The predicted molar refractivity (Wildman–Crippen MR) is 66.3 cm³/mol. The van der Waals surface area contributed by atoms with E-state index in [1.54, 1.807) is 12.1 Å². The van der Waals surface area contributed by atoms with E-state index in [-0.39, 0.29) is 5.02 Å². The van der Waals surface area contributed by atoms with Gasteiger partial charge in [-0.1, -0.05) is 29.8 Å². The van der Waals surface area contributed by atoms with E-state index in [9.17, 15) is 4.39 Å². The molecule has 0 aliphatic carbocycles. The van der Waals surface area contributed by atoms with Crippen LogP contribution in [0.3, 0.4) is 0 Å². The van der Waals surface area contributed by atoms with Gasteiger partial charge < -0.3 is 0 Å². The van der Waals surface area contributed by atoms with Crippen LogP contribution in [0.25, 0.3) is 11.1 Å². The van der Waals surface area contributed by atoms with Crippen molar-refractivity contribution in [1.82, 2.24) is 0 Å². The second-order valence-corrected chi connectivity index (χ2v) is 4.15. The molecule has 0 unspecified atom stereocenters. The Labute approximate surface area is 104 Å². The van der Waals surface area contributed by atoms with Gasteiger partial charge in [0, 0.05) is 5.56 Å². The summed E-state index contributed by atoms with van der Waals surface area (Å²) in [5.74, 6) is -0.476. The van der Waals surface area contributed by atoms with Gasteiger partial charge in [-0.3, -0.25) is 0 Å². The van der Waals surface area contributed by atoms with Gasteiger partial charge in [-0.15, -0.1) is 0 Å². The molecule has 0 aliphatic rings. The summed E-state index contributed by atoms with van der Waals surface area (Å²) < 4.78 is 13.4. The average Bonchev–Trinajstić information content (AvgIpc) is 2.32.